The molecule has 0 spiro atoms. The largest absolute Gasteiger partial charge is 0.311 e. The summed E-state index contributed by atoms with van der Waals surface area (Å²) in [5, 5.41) is 3.51. The Morgan fingerprint density at radius 3 is 3.12 bits per heavy atom. The predicted molar refractivity (Wildman–Crippen MR) is 62.0 cm³/mol. The third kappa shape index (κ3) is 1.83. The molecule has 1 aromatic rings. The number of rotatable bonds is 2. The first-order chi connectivity index (χ1) is 7.76. The van der Waals surface area contributed by atoms with Crippen molar-refractivity contribution >= 4 is 28.9 Å². The molecule has 16 heavy (non-hydrogen) atoms. The second-order valence-corrected chi connectivity index (χ2v) is 3.70. The molecular weight excluding hydrogens is 228 g/mol. The lowest BCUT2D eigenvalue weighted by Gasteiger charge is -2.15. The fraction of sp³-hybridized carbons (Fsp3) is 0.300. The lowest BCUT2D eigenvalue weighted by atomic mass is 10.1. The summed E-state index contributed by atoms with van der Waals surface area (Å²) in [5.41, 5.74) is 10.7. The standard InChI is InChI=1S/C10H9ClN4O/c11-6-10(16)15-4-3-7-1-2-8(13-14-12)5-9(7)15/h1-2,5H,3-4,6H2. The van der Waals surface area contributed by atoms with E-state index in [1.54, 1.807) is 17.0 Å². The molecule has 82 valence electrons. The molecule has 0 aromatic heterocycles. The Hall–Kier alpha value is -1.71. The lowest BCUT2D eigenvalue weighted by Crippen LogP contribution is -2.29. The number of benzene rings is 1. The Morgan fingerprint density at radius 1 is 1.62 bits per heavy atom. The van der Waals surface area contributed by atoms with Gasteiger partial charge >= 0.3 is 0 Å². The molecule has 0 saturated carbocycles. The van der Waals surface area contributed by atoms with Crippen molar-refractivity contribution in [3.8, 4) is 0 Å². The monoisotopic (exact) mass is 236 g/mol. The van der Waals surface area contributed by atoms with E-state index in [0.29, 0.717) is 12.2 Å². The highest BCUT2D eigenvalue weighted by atomic mass is 35.5. The van der Waals surface area contributed by atoms with Gasteiger partial charge in [0.2, 0.25) is 5.91 Å². The average Bonchev–Trinajstić information content (AvgIpc) is 2.71. The van der Waals surface area contributed by atoms with E-state index in [1.807, 2.05) is 6.07 Å². The van der Waals surface area contributed by atoms with Crippen LogP contribution in [0.4, 0.5) is 11.4 Å². The van der Waals surface area contributed by atoms with Crippen molar-refractivity contribution in [2.45, 2.75) is 6.42 Å². The van der Waals surface area contributed by atoms with Gasteiger partial charge in [0.1, 0.15) is 5.88 Å². The first kappa shape index (κ1) is 10.8. The van der Waals surface area contributed by atoms with Crippen LogP contribution in [-0.2, 0) is 11.2 Å². The van der Waals surface area contributed by atoms with Crippen molar-refractivity contribution in [1.29, 1.82) is 0 Å². The van der Waals surface area contributed by atoms with Crippen molar-refractivity contribution < 1.29 is 4.79 Å². The van der Waals surface area contributed by atoms with E-state index in [4.69, 9.17) is 17.1 Å². The Balaban J connectivity index is 2.40. The van der Waals surface area contributed by atoms with E-state index in [-0.39, 0.29) is 11.8 Å². The third-order valence-corrected chi connectivity index (χ3v) is 2.77. The van der Waals surface area contributed by atoms with Gasteiger partial charge in [-0.15, -0.1) is 11.6 Å². The molecule has 1 heterocycles. The molecule has 0 unspecified atom stereocenters. The molecular formula is C10H9ClN4O. The maximum atomic E-state index is 11.5. The van der Waals surface area contributed by atoms with Crippen LogP contribution in [0.15, 0.2) is 23.3 Å². The molecule has 0 atom stereocenters. The van der Waals surface area contributed by atoms with E-state index in [2.05, 4.69) is 10.0 Å². The molecule has 2 rings (SSSR count). The zero-order valence-electron chi connectivity index (χ0n) is 8.43. The highest BCUT2D eigenvalue weighted by Gasteiger charge is 2.23. The van der Waals surface area contributed by atoms with Gasteiger partial charge in [0.05, 0.1) is 0 Å². The Morgan fingerprint density at radius 2 is 2.44 bits per heavy atom. The summed E-state index contributed by atoms with van der Waals surface area (Å²) in [5.74, 6) is -0.163. The van der Waals surface area contributed by atoms with Gasteiger partial charge in [-0.1, -0.05) is 17.2 Å². The van der Waals surface area contributed by atoms with Gasteiger partial charge in [0.25, 0.3) is 0 Å². The van der Waals surface area contributed by atoms with Crippen molar-refractivity contribution in [3.05, 3.63) is 34.2 Å². The van der Waals surface area contributed by atoms with E-state index in [9.17, 15) is 4.79 Å². The van der Waals surface area contributed by atoms with Crippen LogP contribution >= 0.6 is 11.6 Å². The van der Waals surface area contributed by atoms with Crippen molar-refractivity contribution in [3.63, 3.8) is 0 Å². The first-order valence-electron chi connectivity index (χ1n) is 4.80. The van der Waals surface area contributed by atoms with Crippen molar-refractivity contribution in [1.82, 2.24) is 0 Å². The molecule has 5 nitrogen and oxygen atoms in total. The summed E-state index contributed by atoms with van der Waals surface area (Å²) in [7, 11) is 0. The number of carbonyl (C=O) groups is 1. The Labute approximate surface area is 97.2 Å². The topological polar surface area (TPSA) is 69.1 Å². The molecule has 0 bridgehead atoms. The van der Waals surface area contributed by atoms with Gasteiger partial charge in [-0.05, 0) is 23.6 Å². The summed E-state index contributed by atoms with van der Waals surface area (Å²) in [6, 6.07) is 5.33. The number of anilines is 1. The summed E-state index contributed by atoms with van der Waals surface area (Å²) in [4.78, 5) is 15.9. The summed E-state index contributed by atoms with van der Waals surface area (Å²) >= 11 is 5.53. The van der Waals surface area contributed by atoms with Crippen LogP contribution in [-0.4, -0.2) is 18.3 Å². The predicted octanol–water partition coefficient (Wildman–Crippen LogP) is 2.76. The van der Waals surface area contributed by atoms with Gasteiger partial charge in [-0.3, -0.25) is 4.79 Å². The van der Waals surface area contributed by atoms with Gasteiger partial charge in [0.15, 0.2) is 0 Å². The molecule has 1 amide bonds. The second-order valence-electron chi connectivity index (χ2n) is 3.43. The zero-order chi connectivity index (χ0) is 11.5. The number of amides is 1. The number of carbonyl (C=O) groups excluding carboxylic acids is 1. The van der Waals surface area contributed by atoms with Gasteiger partial charge in [0, 0.05) is 22.8 Å². The molecule has 6 heteroatoms. The summed E-state index contributed by atoms with van der Waals surface area (Å²) in [6.45, 7) is 0.639. The molecule has 1 aliphatic heterocycles. The number of alkyl halides is 1. The highest BCUT2D eigenvalue weighted by Crippen LogP contribution is 2.32. The zero-order valence-corrected chi connectivity index (χ0v) is 9.18. The van der Waals surface area contributed by atoms with Crippen LogP contribution in [0.25, 0.3) is 10.4 Å². The number of hydrogen-bond donors (Lipinski definition) is 0. The van der Waals surface area contributed by atoms with Gasteiger partial charge < -0.3 is 4.90 Å². The number of fused-ring (bicyclic) bond motifs is 1. The lowest BCUT2D eigenvalue weighted by molar-refractivity contribution is -0.116. The van der Waals surface area contributed by atoms with Crippen LogP contribution < -0.4 is 4.90 Å². The van der Waals surface area contributed by atoms with E-state index in [0.717, 1.165) is 17.7 Å². The molecule has 1 aromatic carbocycles. The summed E-state index contributed by atoms with van der Waals surface area (Å²) < 4.78 is 0. The van der Waals surface area contributed by atoms with Crippen molar-refractivity contribution in [2.24, 2.45) is 5.11 Å². The molecule has 0 aliphatic carbocycles. The normalized spacial score (nSPS) is 13.2. The fourth-order valence-corrected chi connectivity index (χ4v) is 1.96. The van der Waals surface area contributed by atoms with Gasteiger partial charge in [-0.25, -0.2) is 0 Å². The maximum absolute atomic E-state index is 11.5. The second kappa shape index (κ2) is 4.43. The molecule has 0 fully saturated rings. The fourth-order valence-electron chi connectivity index (χ4n) is 1.81. The van der Waals surface area contributed by atoms with E-state index < -0.39 is 0 Å². The van der Waals surface area contributed by atoms with Gasteiger partial charge in [-0.2, -0.15) is 0 Å². The Bertz CT molecular complexity index is 482. The minimum absolute atomic E-state index is 0.0365. The smallest absolute Gasteiger partial charge is 0.241 e. The number of halogens is 1. The molecule has 0 saturated heterocycles. The van der Waals surface area contributed by atoms with Crippen LogP contribution in [0.1, 0.15) is 5.56 Å². The van der Waals surface area contributed by atoms with Crippen LogP contribution in [0.3, 0.4) is 0 Å². The number of hydrogen-bond acceptors (Lipinski definition) is 2. The average molecular weight is 237 g/mol. The van der Waals surface area contributed by atoms with Crippen molar-refractivity contribution in [2.75, 3.05) is 17.3 Å². The molecule has 1 aliphatic rings. The maximum Gasteiger partial charge on any atom is 0.241 e. The Kier molecular flexibility index (Phi) is 2.99. The quantitative estimate of drug-likeness (QED) is 0.337. The third-order valence-electron chi connectivity index (χ3n) is 2.54. The van der Waals surface area contributed by atoms with E-state index >= 15 is 0 Å². The minimum atomic E-state index is -0.126. The number of azide groups is 1. The van der Waals surface area contributed by atoms with Crippen LogP contribution in [0.5, 0.6) is 0 Å². The van der Waals surface area contributed by atoms with E-state index in [1.165, 1.54) is 0 Å². The SMILES string of the molecule is [N-]=[N+]=Nc1ccc2c(c1)N(C(=O)CCl)CC2. The van der Waals surface area contributed by atoms with Crippen LogP contribution in [0.2, 0.25) is 0 Å². The highest BCUT2D eigenvalue weighted by molar-refractivity contribution is 6.29. The first-order valence-corrected chi connectivity index (χ1v) is 5.34. The van der Waals surface area contributed by atoms with Crippen LogP contribution in [0, 0.1) is 0 Å². The summed E-state index contributed by atoms with van der Waals surface area (Å²) in [6.07, 6.45) is 0.814. The number of nitrogens with zero attached hydrogens (tertiary/aromatic N) is 4. The molecule has 0 N–H and O–H groups in total. The molecule has 0 radical (unpaired) electrons. The minimum Gasteiger partial charge on any atom is -0.311 e.